The molecule has 0 saturated heterocycles. The van der Waals surface area contributed by atoms with Crippen molar-refractivity contribution in [3.63, 3.8) is 0 Å². The molecule has 0 aromatic carbocycles. The van der Waals surface area contributed by atoms with Crippen molar-refractivity contribution in [2.24, 2.45) is 0 Å². The van der Waals surface area contributed by atoms with Gasteiger partial charge in [-0.25, -0.2) is 4.57 Å². The molecule has 0 aliphatic carbocycles. The Labute approximate surface area is 338 Å². The van der Waals surface area contributed by atoms with Crippen molar-refractivity contribution in [2.45, 2.75) is 168 Å². The standard InChI is InChI=1S/C46H82NO7P/c1-6-8-10-12-14-16-18-20-22-24-25-27-29-31-33-35-37-39-46(48)54-45(44-53-55(49,50)52-42-40-47(3,4)5)43-51-41-38-36-34-32-30-28-26-23-21-19-17-15-13-11-9-7-2/h8,10,14,16,20,22,25,27,31,33,38,41,45H,6-7,9,11-13,15,17-19,21,23-24,26,28-30,32,34-37,39-40,42-44H2,1-5H3/p+1/b10-8-,16-14-,22-20-,27-25-,33-31-,41-38-/t45-/m1/s1. The Morgan fingerprint density at radius 3 is 1.58 bits per heavy atom. The normalized spacial score (nSPS) is 14.4. The van der Waals surface area contributed by atoms with Gasteiger partial charge in [-0.2, -0.15) is 0 Å². The van der Waals surface area contributed by atoms with E-state index in [1.54, 1.807) is 6.26 Å². The van der Waals surface area contributed by atoms with Crippen LogP contribution in [0.5, 0.6) is 0 Å². The average molecular weight is 793 g/mol. The molecule has 0 spiro atoms. The fourth-order valence-corrected chi connectivity index (χ4v) is 6.24. The SMILES string of the molecule is CC/C=C\C/C=C\C/C=C\C/C=C\C/C=C\CCCC(=O)O[C@H](CO/C=C\CCCCCCCCCCCCCCCC)COP(=O)(O)OCC[N+](C)(C)C. The predicted octanol–water partition coefficient (Wildman–Crippen LogP) is 13.1. The first-order valence-corrected chi connectivity index (χ1v) is 23.2. The summed E-state index contributed by atoms with van der Waals surface area (Å²) in [5.41, 5.74) is 0. The Morgan fingerprint density at radius 2 is 1.07 bits per heavy atom. The minimum atomic E-state index is -4.31. The summed E-state index contributed by atoms with van der Waals surface area (Å²) < 4.78 is 34.7. The lowest BCUT2D eigenvalue weighted by molar-refractivity contribution is -0.870. The van der Waals surface area contributed by atoms with Crippen LogP contribution in [0, 0.1) is 0 Å². The van der Waals surface area contributed by atoms with Gasteiger partial charge in [-0.3, -0.25) is 13.8 Å². The third-order valence-corrected chi connectivity index (χ3v) is 9.83. The first-order valence-electron chi connectivity index (χ1n) is 21.7. The molecule has 0 aromatic rings. The van der Waals surface area contributed by atoms with Crippen LogP contribution >= 0.6 is 7.82 Å². The molecule has 1 N–H and O–H groups in total. The Hall–Kier alpha value is -2.22. The summed E-state index contributed by atoms with van der Waals surface area (Å²) >= 11 is 0. The first-order chi connectivity index (χ1) is 26.6. The maximum Gasteiger partial charge on any atom is 0.472 e. The number of nitrogens with zero attached hydrogens (tertiary/aromatic N) is 1. The minimum absolute atomic E-state index is 0.0225. The molecule has 318 valence electrons. The molecule has 2 atom stereocenters. The number of phosphoric acid groups is 1. The quantitative estimate of drug-likeness (QED) is 0.0165. The van der Waals surface area contributed by atoms with Crippen molar-refractivity contribution >= 4 is 13.8 Å². The van der Waals surface area contributed by atoms with Crippen LogP contribution in [-0.2, 0) is 27.9 Å². The second-order valence-corrected chi connectivity index (χ2v) is 16.9. The summed E-state index contributed by atoms with van der Waals surface area (Å²) in [6, 6.07) is 0. The van der Waals surface area contributed by atoms with Crippen molar-refractivity contribution in [1.29, 1.82) is 0 Å². The van der Waals surface area contributed by atoms with E-state index < -0.39 is 19.9 Å². The van der Waals surface area contributed by atoms with Gasteiger partial charge in [-0.15, -0.1) is 0 Å². The Balaban J connectivity index is 4.41. The summed E-state index contributed by atoms with van der Waals surface area (Å²) in [5, 5.41) is 0. The summed E-state index contributed by atoms with van der Waals surface area (Å²) in [4.78, 5) is 22.8. The molecule has 0 aromatic heterocycles. The van der Waals surface area contributed by atoms with E-state index in [0.29, 0.717) is 17.4 Å². The van der Waals surface area contributed by atoms with E-state index in [2.05, 4.69) is 74.6 Å². The van der Waals surface area contributed by atoms with Gasteiger partial charge in [0.2, 0.25) is 0 Å². The van der Waals surface area contributed by atoms with Crippen LogP contribution in [-0.4, -0.2) is 69.0 Å². The number of hydrogen-bond acceptors (Lipinski definition) is 6. The van der Waals surface area contributed by atoms with Gasteiger partial charge in [0, 0.05) is 6.42 Å². The van der Waals surface area contributed by atoms with Crippen molar-refractivity contribution < 1.29 is 37.3 Å². The van der Waals surface area contributed by atoms with Gasteiger partial charge in [-0.05, 0) is 63.9 Å². The van der Waals surface area contributed by atoms with E-state index >= 15 is 0 Å². The van der Waals surface area contributed by atoms with Crippen LogP contribution in [0.25, 0.3) is 0 Å². The lowest BCUT2D eigenvalue weighted by atomic mass is 10.0. The Morgan fingerprint density at radius 1 is 0.600 bits per heavy atom. The van der Waals surface area contributed by atoms with E-state index in [-0.39, 0.29) is 26.2 Å². The first kappa shape index (κ1) is 52.8. The highest BCUT2D eigenvalue weighted by Gasteiger charge is 2.26. The molecule has 0 radical (unpaired) electrons. The molecular formula is C46H83NO7P+. The van der Waals surface area contributed by atoms with Gasteiger partial charge in [0.25, 0.3) is 0 Å². The second kappa shape index (κ2) is 38.6. The summed E-state index contributed by atoms with van der Waals surface area (Å²) in [6.07, 6.45) is 50.4. The van der Waals surface area contributed by atoms with Gasteiger partial charge in [0.05, 0.1) is 34.0 Å². The van der Waals surface area contributed by atoms with Crippen molar-refractivity contribution in [2.75, 3.05) is 47.5 Å². The molecule has 0 heterocycles. The van der Waals surface area contributed by atoms with Crippen LogP contribution in [0.1, 0.15) is 162 Å². The van der Waals surface area contributed by atoms with Crippen LogP contribution < -0.4 is 0 Å². The van der Waals surface area contributed by atoms with Gasteiger partial charge in [0.1, 0.15) is 19.8 Å². The minimum Gasteiger partial charge on any atom is -0.498 e. The number of phosphoric ester groups is 1. The number of rotatable bonds is 39. The number of ether oxygens (including phenoxy) is 2. The molecule has 8 nitrogen and oxygen atoms in total. The molecule has 55 heavy (non-hydrogen) atoms. The van der Waals surface area contributed by atoms with Gasteiger partial charge >= 0.3 is 13.8 Å². The van der Waals surface area contributed by atoms with Gasteiger partial charge in [0.15, 0.2) is 6.10 Å². The largest absolute Gasteiger partial charge is 0.498 e. The molecular weight excluding hydrogens is 709 g/mol. The number of esters is 1. The van der Waals surface area contributed by atoms with Crippen LogP contribution in [0.15, 0.2) is 73.1 Å². The van der Waals surface area contributed by atoms with Gasteiger partial charge in [-0.1, -0.05) is 158 Å². The zero-order chi connectivity index (χ0) is 40.6. The number of quaternary nitrogens is 1. The molecule has 0 amide bonds. The van der Waals surface area contributed by atoms with Crippen molar-refractivity contribution in [1.82, 2.24) is 0 Å². The maximum atomic E-state index is 12.6. The summed E-state index contributed by atoms with van der Waals surface area (Å²) in [6.45, 7) is 4.74. The molecule has 0 saturated carbocycles. The van der Waals surface area contributed by atoms with Gasteiger partial charge < -0.3 is 18.9 Å². The smallest absolute Gasteiger partial charge is 0.472 e. The fraction of sp³-hybridized carbons (Fsp3) is 0.717. The van der Waals surface area contributed by atoms with Crippen molar-refractivity contribution in [3.8, 4) is 0 Å². The molecule has 0 rings (SSSR count). The lowest BCUT2D eigenvalue weighted by Crippen LogP contribution is -2.37. The third-order valence-electron chi connectivity index (χ3n) is 8.85. The molecule has 0 fully saturated rings. The third kappa shape index (κ3) is 42.8. The van der Waals surface area contributed by atoms with Crippen molar-refractivity contribution in [3.05, 3.63) is 73.1 Å². The molecule has 9 heteroatoms. The molecule has 0 bridgehead atoms. The Kier molecular flexibility index (Phi) is 37.1. The average Bonchev–Trinajstić information content (AvgIpc) is 3.13. The maximum absolute atomic E-state index is 12.6. The van der Waals surface area contributed by atoms with E-state index in [0.717, 1.165) is 51.4 Å². The van der Waals surface area contributed by atoms with E-state index in [1.165, 1.54) is 83.5 Å². The summed E-state index contributed by atoms with van der Waals surface area (Å²) in [5.74, 6) is -0.394. The number of likely N-dealkylation sites (N-methyl/N-ethyl adjacent to an activating group) is 1. The summed E-state index contributed by atoms with van der Waals surface area (Å²) in [7, 11) is 1.59. The van der Waals surface area contributed by atoms with Crippen LogP contribution in [0.2, 0.25) is 0 Å². The fourth-order valence-electron chi connectivity index (χ4n) is 5.49. The number of allylic oxidation sites excluding steroid dienone is 11. The number of hydrogen-bond donors (Lipinski definition) is 1. The monoisotopic (exact) mass is 793 g/mol. The molecule has 1 unspecified atom stereocenters. The highest BCUT2D eigenvalue weighted by molar-refractivity contribution is 7.47. The number of carbonyl (C=O) groups is 1. The lowest BCUT2D eigenvalue weighted by Gasteiger charge is -2.24. The topological polar surface area (TPSA) is 91.3 Å². The Bertz CT molecular complexity index is 1110. The second-order valence-electron chi connectivity index (χ2n) is 15.4. The van der Waals surface area contributed by atoms with Crippen LogP contribution in [0.4, 0.5) is 0 Å². The zero-order valence-electron chi connectivity index (χ0n) is 35.9. The number of carbonyl (C=O) groups excluding carboxylic acids is 1. The molecule has 0 aliphatic heterocycles. The van der Waals surface area contributed by atoms with E-state index in [1.807, 2.05) is 27.2 Å². The highest BCUT2D eigenvalue weighted by Crippen LogP contribution is 2.43. The molecule has 0 aliphatic rings. The highest BCUT2D eigenvalue weighted by atomic mass is 31.2. The predicted molar refractivity (Wildman–Crippen MR) is 233 cm³/mol. The number of unbranched alkanes of at least 4 members (excludes halogenated alkanes) is 15. The van der Waals surface area contributed by atoms with E-state index in [4.69, 9.17) is 18.5 Å². The van der Waals surface area contributed by atoms with E-state index in [9.17, 15) is 14.3 Å². The zero-order valence-corrected chi connectivity index (χ0v) is 36.8. The van der Waals surface area contributed by atoms with Crippen LogP contribution in [0.3, 0.4) is 0 Å².